The third-order valence-corrected chi connectivity index (χ3v) is 4.34. The Balaban J connectivity index is 2.08. The molecule has 1 aromatic carbocycles. The van der Waals surface area contributed by atoms with E-state index in [1.807, 2.05) is 25.1 Å². The third kappa shape index (κ3) is 2.68. The second-order valence-corrected chi connectivity index (χ2v) is 6.42. The average molecular weight is 326 g/mol. The quantitative estimate of drug-likeness (QED) is 0.670. The Morgan fingerprint density at radius 1 is 1.30 bits per heavy atom. The van der Waals surface area contributed by atoms with Crippen LogP contribution < -0.4 is 0 Å². The maximum absolute atomic E-state index is 6.03. The van der Waals surface area contributed by atoms with Crippen molar-refractivity contribution in [1.29, 1.82) is 0 Å². The number of rotatable bonds is 4. The third-order valence-electron chi connectivity index (χ3n) is 3.09. The summed E-state index contributed by atoms with van der Waals surface area (Å²) in [7, 11) is 0. The van der Waals surface area contributed by atoms with E-state index in [1.165, 1.54) is 0 Å². The molecule has 0 saturated heterocycles. The molecule has 0 aliphatic carbocycles. The van der Waals surface area contributed by atoms with Crippen LogP contribution in [0.15, 0.2) is 23.6 Å². The first-order valence-corrected chi connectivity index (χ1v) is 8.08. The lowest BCUT2D eigenvalue weighted by Gasteiger charge is -2.06. The summed E-state index contributed by atoms with van der Waals surface area (Å²) in [6.07, 6.45) is 0.733. The Morgan fingerprint density at radius 3 is 2.85 bits per heavy atom. The lowest BCUT2D eigenvalue weighted by atomic mass is 10.3. The fourth-order valence-corrected chi connectivity index (χ4v) is 3.19. The van der Waals surface area contributed by atoms with E-state index in [-0.39, 0.29) is 0 Å². The van der Waals surface area contributed by atoms with Gasteiger partial charge in [-0.3, -0.25) is 0 Å². The highest BCUT2D eigenvalue weighted by Gasteiger charge is 2.12. The summed E-state index contributed by atoms with van der Waals surface area (Å²) in [5.41, 5.74) is 3.03. The van der Waals surface area contributed by atoms with E-state index in [2.05, 4.69) is 19.9 Å². The topological polar surface area (TPSA) is 30.7 Å². The Hall–Kier alpha value is -1.10. The van der Waals surface area contributed by atoms with Crippen molar-refractivity contribution in [2.24, 2.45) is 0 Å². The van der Waals surface area contributed by atoms with E-state index >= 15 is 0 Å². The van der Waals surface area contributed by atoms with Crippen LogP contribution in [-0.2, 0) is 13.0 Å². The summed E-state index contributed by atoms with van der Waals surface area (Å²) in [6.45, 7) is 2.73. The van der Waals surface area contributed by atoms with E-state index < -0.39 is 0 Å². The number of imidazole rings is 1. The van der Waals surface area contributed by atoms with Crippen LogP contribution in [0.2, 0.25) is 5.02 Å². The minimum absolute atomic E-state index is 0.549. The van der Waals surface area contributed by atoms with Gasteiger partial charge >= 0.3 is 0 Å². The molecule has 0 atom stereocenters. The van der Waals surface area contributed by atoms with Crippen LogP contribution in [0.3, 0.4) is 0 Å². The number of aryl methyl sites for hydroxylation is 2. The van der Waals surface area contributed by atoms with Gasteiger partial charge < -0.3 is 4.57 Å². The molecule has 0 radical (unpaired) electrons. The van der Waals surface area contributed by atoms with Gasteiger partial charge in [0.25, 0.3) is 0 Å². The standard InChI is InChI=1S/C14H13Cl2N3S/c1-9-17-11(8-20-9)7-19-13-3-2-10(16)6-12(13)18-14(19)4-5-15/h2-3,6,8H,4-5,7H2,1H3. The molecule has 0 bridgehead atoms. The SMILES string of the molecule is Cc1nc(Cn2c(CCCl)nc3cc(Cl)ccc32)cs1. The molecule has 20 heavy (non-hydrogen) atoms. The smallest absolute Gasteiger partial charge is 0.111 e. The molecule has 0 amide bonds. The summed E-state index contributed by atoms with van der Waals surface area (Å²) < 4.78 is 2.17. The molecule has 0 aliphatic heterocycles. The van der Waals surface area contributed by atoms with Gasteiger partial charge in [0.15, 0.2) is 0 Å². The summed E-state index contributed by atoms with van der Waals surface area (Å²) in [5, 5.41) is 3.86. The van der Waals surface area contributed by atoms with E-state index in [4.69, 9.17) is 23.2 Å². The molecule has 2 heterocycles. The van der Waals surface area contributed by atoms with Crippen molar-refractivity contribution in [2.75, 3.05) is 5.88 Å². The van der Waals surface area contributed by atoms with Gasteiger partial charge in [0.05, 0.1) is 28.3 Å². The van der Waals surface area contributed by atoms with E-state index in [0.717, 1.165) is 34.0 Å². The summed E-state index contributed by atoms with van der Waals surface area (Å²) in [4.78, 5) is 9.16. The number of hydrogen-bond donors (Lipinski definition) is 0. The van der Waals surface area contributed by atoms with Crippen molar-refractivity contribution in [2.45, 2.75) is 19.9 Å². The summed E-state index contributed by atoms with van der Waals surface area (Å²) in [5.74, 6) is 1.52. The molecule has 6 heteroatoms. The fraction of sp³-hybridized carbons (Fsp3) is 0.286. The molecule has 3 nitrogen and oxygen atoms in total. The van der Waals surface area contributed by atoms with E-state index in [0.29, 0.717) is 17.4 Å². The van der Waals surface area contributed by atoms with Crippen molar-refractivity contribution in [1.82, 2.24) is 14.5 Å². The zero-order valence-corrected chi connectivity index (χ0v) is 13.3. The largest absolute Gasteiger partial charge is 0.322 e. The van der Waals surface area contributed by atoms with Crippen molar-refractivity contribution in [3.63, 3.8) is 0 Å². The number of hydrogen-bond acceptors (Lipinski definition) is 3. The average Bonchev–Trinajstić information content (AvgIpc) is 2.95. The first-order chi connectivity index (χ1) is 9.67. The van der Waals surface area contributed by atoms with Gasteiger partial charge in [-0.2, -0.15) is 0 Å². The lowest BCUT2D eigenvalue weighted by Crippen LogP contribution is -2.06. The Labute approximate surface area is 131 Å². The van der Waals surface area contributed by atoms with Crippen LogP contribution in [0.1, 0.15) is 16.5 Å². The molecule has 3 aromatic rings. The molecule has 3 rings (SSSR count). The lowest BCUT2D eigenvalue weighted by molar-refractivity contribution is 0.740. The highest BCUT2D eigenvalue weighted by molar-refractivity contribution is 7.09. The molecular formula is C14H13Cl2N3S. The maximum atomic E-state index is 6.03. The van der Waals surface area contributed by atoms with Crippen molar-refractivity contribution in [3.05, 3.63) is 45.1 Å². The van der Waals surface area contributed by atoms with Crippen molar-refractivity contribution >= 4 is 45.6 Å². The summed E-state index contributed by atoms with van der Waals surface area (Å²) >= 11 is 13.6. The van der Waals surface area contributed by atoms with Gasteiger partial charge in [-0.05, 0) is 25.1 Å². The van der Waals surface area contributed by atoms with Gasteiger partial charge in [-0.1, -0.05) is 11.6 Å². The first kappa shape index (κ1) is 13.9. The normalized spacial score (nSPS) is 11.3. The molecule has 0 fully saturated rings. The van der Waals surface area contributed by atoms with Gasteiger partial charge in [0.2, 0.25) is 0 Å². The Morgan fingerprint density at radius 2 is 2.15 bits per heavy atom. The fourth-order valence-electron chi connectivity index (χ4n) is 2.25. The molecule has 0 unspecified atom stereocenters. The highest BCUT2D eigenvalue weighted by Crippen LogP contribution is 2.22. The maximum Gasteiger partial charge on any atom is 0.111 e. The first-order valence-electron chi connectivity index (χ1n) is 6.29. The van der Waals surface area contributed by atoms with Gasteiger partial charge in [0, 0.05) is 22.7 Å². The number of benzene rings is 1. The molecule has 2 aromatic heterocycles. The molecular weight excluding hydrogens is 313 g/mol. The second kappa shape index (κ2) is 5.72. The zero-order valence-electron chi connectivity index (χ0n) is 10.9. The van der Waals surface area contributed by atoms with Crippen LogP contribution >= 0.6 is 34.5 Å². The summed E-state index contributed by atoms with van der Waals surface area (Å²) in [6, 6.07) is 5.78. The molecule has 0 spiro atoms. The van der Waals surface area contributed by atoms with Crippen LogP contribution in [-0.4, -0.2) is 20.4 Å². The number of thiazole rings is 1. The Kier molecular flexibility index (Phi) is 3.96. The molecule has 104 valence electrons. The zero-order chi connectivity index (χ0) is 14.1. The minimum atomic E-state index is 0.549. The van der Waals surface area contributed by atoms with Gasteiger partial charge in [-0.15, -0.1) is 22.9 Å². The number of alkyl halides is 1. The second-order valence-electron chi connectivity index (χ2n) is 4.54. The monoisotopic (exact) mass is 325 g/mol. The molecule has 0 aliphatic rings. The van der Waals surface area contributed by atoms with Crippen LogP contribution in [0, 0.1) is 6.92 Å². The van der Waals surface area contributed by atoms with Crippen LogP contribution in [0.4, 0.5) is 0 Å². The predicted molar refractivity (Wildman–Crippen MR) is 85.1 cm³/mol. The number of aromatic nitrogens is 3. The van der Waals surface area contributed by atoms with Crippen LogP contribution in [0.5, 0.6) is 0 Å². The Bertz CT molecular complexity index is 748. The number of nitrogens with zero attached hydrogens (tertiary/aromatic N) is 3. The highest BCUT2D eigenvalue weighted by atomic mass is 35.5. The minimum Gasteiger partial charge on any atom is -0.322 e. The number of fused-ring (bicyclic) bond motifs is 1. The van der Waals surface area contributed by atoms with Crippen LogP contribution in [0.25, 0.3) is 11.0 Å². The predicted octanol–water partition coefficient (Wildman–Crippen LogP) is 4.28. The van der Waals surface area contributed by atoms with E-state index in [1.54, 1.807) is 11.3 Å². The van der Waals surface area contributed by atoms with Crippen molar-refractivity contribution < 1.29 is 0 Å². The number of halogens is 2. The molecule has 0 N–H and O–H groups in total. The molecule has 0 saturated carbocycles. The van der Waals surface area contributed by atoms with Crippen molar-refractivity contribution in [3.8, 4) is 0 Å². The van der Waals surface area contributed by atoms with Gasteiger partial charge in [-0.25, -0.2) is 9.97 Å². The van der Waals surface area contributed by atoms with Gasteiger partial charge in [0.1, 0.15) is 5.82 Å². The van der Waals surface area contributed by atoms with E-state index in [9.17, 15) is 0 Å².